The minimum Gasteiger partial charge on any atom is -0.444 e. The first kappa shape index (κ1) is 29.1. The van der Waals surface area contributed by atoms with Crippen LogP contribution in [0.2, 0.25) is 0 Å². The number of carbonyl (C=O) groups excluding carboxylic acids is 2. The maximum Gasteiger partial charge on any atom is 0.407 e. The van der Waals surface area contributed by atoms with E-state index in [1.807, 2.05) is 57.2 Å². The van der Waals surface area contributed by atoms with Crippen LogP contribution in [-0.4, -0.2) is 69.6 Å². The van der Waals surface area contributed by atoms with E-state index in [2.05, 4.69) is 21.7 Å². The quantitative estimate of drug-likeness (QED) is 0.344. The number of benzene rings is 2. The summed E-state index contributed by atoms with van der Waals surface area (Å²) in [5.74, 6) is 0. The van der Waals surface area contributed by atoms with Gasteiger partial charge in [-0.2, -0.15) is 0 Å². The molecule has 2 aromatic carbocycles. The number of nitrogens with one attached hydrogen (secondary N) is 2. The highest BCUT2D eigenvalue weighted by Gasteiger charge is 2.26. The standard InChI is InChI=1S/C31H38N6O5/c1-31(2,3)42-29(39)34-23-12-14-36(15-13-23)28(38)33-22-9-6-20(7-10-22)21-8-11-25-24(18-21)27-26(19-32-25)35(4)30(40)37(27)16-17-41-5/h6-11,18-19,23H,12-17H2,1-5H3,(H,33,38)(H,34,39). The molecule has 11 heteroatoms. The van der Waals surface area contributed by atoms with Crippen LogP contribution >= 0.6 is 0 Å². The molecule has 5 rings (SSSR count). The molecular weight excluding hydrogens is 536 g/mol. The van der Waals surface area contributed by atoms with Gasteiger partial charge in [0.05, 0.1) is 35.9 Å². The van der Waals surface area contributed by atoms with Gasteiger partial charge in [0.15, 0.2) is 0 Å². The van der Waals surface area contributed by atoms with E-state index < -0.39 is 11.7 Å². The fourth-order valence-electron chi connectivity index (χ4n) is 5.30. The number of anilines is 1. The van der Waals surface area contributed by atoms with E-state index in [4.69, 9.17) is 9.47 Å². The first-order chi connectivity index (χ1) is 20.0. The van der Waals surface area contributed by atoms with Crippen LogP contribution in [0.25, 0.3) is 33.1 Å². The molecule has 42 heavy (non-hydrogen) atoms. The van der Waals surface area contributed by atoms with Crippen molar-refractivity contribution in [3.05, 3.63) is 59.1 Å². The molecule has 0 spiro atoms. The van der Waals surface area contributed by atoms with Crippen LogP contribution in [0.4, 0.5) is 15.3 Å². The van der Waals surface area contributed by atoms with Crippen molar-refractivity contribution in [2.75, 3.05) is 32.1 Å². The number of aryl methyl sites for hydroxylation is 1. The summed E-state index contributed by atoms with van der Waals surface area (Å²) in [6, 6.07) is 13.5. The summed E-state index contributed by atoms with van der Waals surface area (Å²) in [5.41, 5.74) is 4.39. The number of amides is 3. The van der Waals surface area contributed by atoms with Crippen LogP contribution in [0.1, 0.15) is 33.6 Å². The fourth-order valence-corrected chi connectivity index (χ4v) is 5.30. The lowest BCUT2D eigenvalue weighted by Crippen LogP contribution is -2.48. The fraction of sp³-hybridized carbons (Fsp3) is 0.419. The van der Waals surface area contributed by atoms with Crippen LogP contribution in [0.3, 0.4) is 0 Å². The summed E-state index contributed by atoms with van der Waals surface area (Å²) in [6.45, 7) is 7.45. The van der Waals surface area contributed by atoms with Crippen molar-refractivity contribution >= 4 is 39.7 Å². The number of aromatic nitrogens is 3. The Morgan fingerprint density at radius 1 is 1.05 bits per heavy atom. The normalized spacial score (nSPS) is 14.4. The van der Waals surface area contributed by atoms with Crippen molar-refractivity contribution < 1.29 is 19.1 Å². The summed E-state index contributed by atoms with van der Waals surface area (Å²) < 4.78 is 13.9. The second-order valence-electron chi connectivity index (χ2n) is 11.6. The van der Waals surface area contributed by atoms with Crippen molar-refractivity contribution in [1.82, 2.24) is 24.3 Å². The molecule has 3 amide bonds. The third-order valence-corrected chi connectivity index (χ3v) is 7.46. The number of ether oxygens (including phenoxy) is 2. The molecule has 1 saturated heterocycles. The molecule has 2 N–H and O–H groups in total. The number of carbonyl (C=O) groups is 2. The average molecular weight is 575 g/mol. The van der Waals surface area contributed by atoms with Gasteiger partial charge in [-0.15, -0.1) is 0 Å². The Bertz CT molecular complexity index is 1660. The zero-order valence-corrected chi connectivity index (χ0v) is 24.8. The number of fused-ring (bicyclic) bond motifs is 3. The van der Waals surface area contributed by atoms with Gasteiger partial charge in [0.25, 0.3) is 0 Å². The van der Waals surface area contributed by atoms with Gasteiger partial charge in [0.1, 0.15) is 5.60 Å². The summed E-state index contributed by atoms with van der Waals surface area (Å²) in [5, 5.41) is 6.76. The SMILES string of the molecule is COCCn1c(=O)n(C)c2cnc3ccc(-c4ccc(NC(=O)N5CCC(NC(=O)OC(C)(C)C)CC5)cc4)cc3c21. The van der Waals surface area contributed by atoms with Crippen molar-refractivity contribution in [3.63, 3.8) is 0 Å². The van der Waals surface area contributed by atoms with E-state index in [1.54, 1.807) is 34.4 Å². The number of alkyl carbamates (subject to hydrolysis) is 1. The molecular formula is C31H38N6O5. The number of urea groups is 1. The summed E-state index contributed by atoms with van der Waals surface area (Å²) >= 11 is 0. The minimum atomic E-state index is -0.547. The van der Waals surface area contributed by atoms with E-state index in [9.17, 15) is 14.4 Å². The summed E-state index contributed by atoms with van der Waals surface area (Å²) in [7, 11) is 3.37. The number of hydrogen-bond donors (Lipinski definition) is 2. The molecule has 222 valence electrons. The largest absolute Gasteiger partial charge is 0.444 e. The molecule has 1 fully saturated rings. The Labute approximate surface area is 244 Å². The molecule has 0 radical (unpaired) electrons. The Balaban J connectivity index is 1.26. The lowest BCUT2D eigenvalue weighted by molar-refractivity contribution is 0.0486. The van der Waals surface area contributed by atoms with Gasteiger partial charge < -0.3 is 25.0 Å². The predicted octanol–water partition coefficient (Wildman–Crippen LogP) is 4.72. The minimum absolute atomic E-state index is 0.0212. The van der Waals surface area contributed by atoms with Gasteiger partial charge in [-0.1, -0.05) is 18.2 Å². The van der Waals surface area contributed by atoms with Gasteiger partial charge in [0, 0.05) is 44.4 Å². The molecule has 0 saturated carbocycles. The highest BCUT2D eigenvalue weighted by atomic mass is 16.6. The monoisotopic (exact) mass is 574 g/mol. The maximum absolute atomic E-state index is 12.9. The van der Waals surface area contributed by atoms with Gasteiger partial charge >= 0.3 is 17.8 Å². The van der Waals surface area contributed by atoms with Gasteiger partial charge in [-0.25, -0.2) is 14.4 Å². The van der Waals surface area contributed by atoms with Crippen molar-refractivity contribution in [3.8, 4) is 11.1 Å². The number of likely N-dealkylation sites (tertiary alicyclic amines) is 1. The number of hydrogen-bond acceptors (Lipinski definition) is 6. The number of rotatable bonds is 6. The van der Waals surface area contributed by atoms with Crippen molar-refractivity contribution in [1.29, 1.82) is 0 Å². The van der Waals surface area contributed by atoms with Crippen LogP contribution in [0.5, 0.6) is 0 Å². The summed E-state index contributed by atoms with van der Waals surface area (Å²) in [6.07, 6.45) is 2.63. The van der Waals surface area contributed by atoms with E-state index in [0.29, 0.717) is 44.8 Å². The Morgan fingerprint density at radius 3 is 2.40 bits per heavy atom. The molecule has 0 unspecified atom stereocenters. The van der Waals surface area contributed by atoms with Crippen molar-refractivity contribution in [2.24, 2.45) is 7.05 Å². The highest BCUT2D eigenvalue weighted by molar-refractivity contribution is 6.04. The Hall–Kier alpha value is -4.38. The van der Waals surface area contributed by atoms with Crippen LogP contribution < -0.4 is 16.3 Å². The van der Waals surface area contributed by atoms with Crippen LogP contribution in [0.15, 0.2) is 53.5 Å². The van der Waals surface area contributed by atoms with Crippen LogP contribution in [0, 0.1) is 0 Å². The Morgan fingerprint density at radius 2 is 1.74 bits per heavy atom. The van der Waals surface area contributed by atoms with E-state index in [1.165, 1.54) is 0 Å². The average Bonchev–Trinajstić information content (AvgIpc) is 3.20. The number of piperidine rings is 1. The molecule has 2 aromatic heterocycles. The smallest absolute Gasteiger partial charge is 0.407 e. The molecule has 0 aliphatic carbocycles. The molecule has 1 aliphatic rings. The molecule has 4 aromatic rings. The van der Waals surface area contributed by atoms with Gasteiger partial charge in [-0.3, -0.25) is 14.1 Å². The molecule has 1 aliphatic heterocycles. The first-order valence-electron chi connectivity index (χ1n) is 14.2. The number of pyridine rings is 1. The topological polar surface area (TPSA) is 120 Å². The lowest BCUT2D eigenvalue weighted by Gasteiger charge is -2.32. The van der Waals surface area contributed by atoms with Gasteiger partial charge in [-0.05, 0) is 69.0 Å². The zero-order valence-electron chi connectivity index (χ0n) is 24.8. The third-order valence-electron chi connectivity index (χ3n) is 7.46. The Kier molecular flexibility index (Phi) is 8.22. The zero-order chi connectivity index (χ0) is 30.0. The first-order valence-corrected chi connectivity index (χ1v) is 14.2. The molecule has 0 atom stereocenters. The third kappa shape index (κ3) is 6.25. The molecule has 11 nitrogen and oxygen atoms in total. The second kappa shape index (κ2) is 11.8. The van der Waals surface area contributed by atoms with E-state index in [-0.39, 0.29) is 17.8 Å². The number of imidazole rings is 1. The van der Waals surface area contributed by atoms with E-state index >= 15 is 0 Å². The predicted molar refractivity (Wildman–Crippen MR) is 163 cm³/mol. The number of nitrogens with zero attached hydrogens (tertiary/aromatic N) is 4. The van der Waals surface area contributed by atoms with E-state index in [0.717, 1.165) is 33.1 Å². The lowest BCUT2D eigenvalue weighted by atomic mass is 10.0. The van der Waals surface area contributed by atoms with Crippen molar-refractivity contribution in [2.45, 2.75) is 51.8 Å². The summed E-state index contributed by atoms with van der Waals surface area (Å²) in [4.78, 5) is 44.2. The highest BCUT2D eigenvalue weighted by Crippen LogP contribution is 2.29. The van der Waals surface area contributed by atoms with Gasteiger partial charge in [0.2, 0.25) is 0 Å². The molecule has 0 bridgehead atoms. The second-order valence-corrected chi connectivity index (χ2v) is 11.6. The number of methoxy groups -OCH3 is 1. The maximum atomic E-state index is 12.9. The van der Waals surface area contributed by atoms with Crippen LogP contribution in [-0.2, 0) is 23.1 Å². The molecule has 3 heterocycles.